The number of hydrogen-bond acceptors (Lipinski definition) is 5. The lowest BCUT2D eigenvalue weighted by Crippen LogP contribution is -2.55. The summed E-state index contributed by atoms with van der Waals surface area (Å²) >= 11 is 0. The largest absolute Gasteiger partial charge is 0.443 e. The number of carbonyl (C=O) groups excluding carboxylic acids is 4. The van der Waals surface area contributed by atoms with Gasteiger partial charge in [-0.2, -0.15) is 0 Å². The fourth-order valence-electron chi connectivity index (χ4n) is 3.83. The molecule has 0 radical (unpaired) electrons. The van der Waals surface area contributed by atoms with Gasteiger partial charge in [-0.05, 0) is 51.0 Å². The Morgan fingerprint density at radius 1 is 1.00 bits per heavy atom. The van der Waals surface area contributed by atoms with E-state index >= 15 is 0 Å². The van der Waals surface area contributed by atoms with Crippen LogP contribution < -0.4 is 10.4 Å². The van der Waals surface area contributed by atoms with Crippen molar-refractivity contribution in [3.63, 3.8) is 0 Å². The second-order valence-corrected chi connectivity index (χ2v) is 8.58. The molecule has 0 saturated carbocycles. The maximum absolute atomic E-state index is 13.3. The average molecular weight is 421 g/mol. The quantitative estimate of drug-likeness (QED) is 0.769. The minimum atomic E-state index is -0.767. The standard InChI is InChI=1S/C23H23N3O5/c1-23(2,3)31-22(30)24-26-18-11-7-4-8-14(18)12-15(19(26)27)13-25-20(28)16-9-5-6-10-17(16)21(25)29/h4-11,15H,12-13H2,1-3H3,(H,24,30)/t15-/m0/s1. The van der Waals surface area contributed by atoms with E-state index in [2.05, 4.69) is 5.43 Å². The highest BCUT2D eigenvalue weighted by atomic mass is 16.6. The van der Waals surface area contributed by atoms with Crippen LogP contribution in [0, 0.1) is 5.92 Å². The molecule has 31 heavy (non-hydrogen) atoms. The summed E-state index contributed by atoms with van der Waals surface area (Å²) in [5.74, 6) is -1.95. The number of benzene rings is 2. The second-order valence-electron chi connectivity index (χ2n) is 8.58. The van der Waals surface area contributed by atoms with E-state index < -0.39 is 35.3 Å². The number of imide groups is 1. The Morgan fingerprint density at radius 2 is 1.58 bits per heavy atom. The molecule has 8 nitrogen and oxygen atoms in total. The van der Waals surface area contributed by atoms with Crippen LogP contribution in [0.15, 0.2) is 48.5 Å². The van der Waals surface area contributed by atoms with Crippen LogP contribution in [-0.4, -0.2) is 40.9 Å². The van der Waals surface area contributed by atoms with Crippen LogP contribution in [0.5, 0.6) is 0 Å². The lowest BCUT2D eigenvalue weighted by Gasteiger charge is -2.35. The molecule has 0 bridgehead atoms. The Labute approximate surface area is 179 Å². The second kappa shape index (κ2) is 7.54. The van der Waals surface area contributed by atoms with Crippen LogP contribution in [0.3, 0.4) is 0 Å². The molecule has 8 heteroatoms. The number of hydrogen-bond donors (Lipinski definition) is 1. The molecule has 2 aliphatic heterocycles. The Hall–Kier alpha value is -3.68. The van der Waals surface area contributed by atoms with Crippen LogP contribution in [0.2, 0.25) is 0 Å². The molecule has 0 unspecified atom stereocenters. The van der Waals surface area contributed by atoms with Crippen molar-refractivity contribution in [2.75, 3.05) is 11.6 Å². The number of nitrogens with one attached hydrogen (secondary N) is 1. The first-order valence-electron chi connectivity index (χ1n) is 10.0. The Bertz CT molecular complexity index is 1050. The van der Waals surface area contributed by atoms with E-state index in [0.717, 1.165) is 15.5 Å². The Kier molecular flexibility index (Phi) is 5.00. The molecule has 2 aromatic rings. The van der Waals surface area contributed by atoms with Gasteiger partial charge in [0.2, 0.25) is 0 Å². The zero-order valence-corrected chi connectivity index (χ0v) is 17.5. The predicted molar refractivity (Wildman–Crippen MR) is 112 cm³/mol. The van der Waals surface area contributed by atoms with Crippen molar-refractivity contribution in [3.8, 4) is 0 Å². The molecular formula is C23H23N3O5. The SMILES string of the molecule is CC(C)(C)OC(=O)NN1C(=O)[C@H](CN2C(=O)c3ccccc3C2=O)Cc2ccccc21. The first kappa shape index (κ1) is 20.6. The van der Waals surface area contributed by atoms with Gasteiger partial charge in [-0.1, -0.05) is 30.3 Å². The number of nitrogens with zero attached hydrogens (tertiary/aromatic N) is 2. The van der Waals surface area contributed by atoms with Crippen LogP contribution >= 0.6 is 0 Å². The maximum Gasteiger partial charge on any atom is 0.427 e. The summed E-state index contributed by atoms with van der Waals surface area (Å²) in [6.07, 6.45) is -0.424. The third kappa shape index (κ3) is 3.88. The van der Waals surface area contributed by atoms with Gasteiger partial charge in [-0.15, -0.1) is 0 Å². The van der Waals surface area contributed by atoms with E-state index in [1.165, 1.54) is 0 Å². The molecule has 4 rings (SSSR count). The summed E-state index contributed by atoms with van der Waals surface area (Å²) in [6.45, 7) is 5.10. The highest BCUT2D eigenvalue weighted by Crippen LogP contribution is 2.32. The Morgan fingerprint density at radius 3 is 2.19 bits per heavy atom. The highest BCUT2D eigenvalue weighted by Gasteiger charge is 2.41. The maximum atomic E-state index is 13.3. The summed E-state index contributed by atoms with van der Waals surface area (Å²) < 4.78 is 5.29. The normalized spacial score (nSPS) is 18.0. The molecular weight excluding hydrogens is 398 g/mol. The zero-order valence-electron chi connectivity index (χ0n) is 17.5. The third-order valence-electron chi connectivity index (χ3n) is 5.15. The van der Waals surface area contributed by atoms with E-state index in [-0.39, 0.29) is 6.54 Å². The molecule has 0 fully saturated rings. The number of fused-ring (bicyclic) bond motifs is 2. The summed E-state index contributed by atoms with van der Waals surface area (Å²) in [7, 11) is 0. The van der Waals surface area contributed by atoms with Crippen molar-refractivity contribution in [1.82, 2.24) is 10.3 Å². The van der Waals surface area contributed by atoms with Crippen molar-refractivity contribution >= 4 is 29.5 Å². The fraction of sp³-hybridized carbons (Fsp3) is 0.304. The van der Waals surface area contributed by atoms with Crippen LogP contribution in [0.4, 0.5) is 10.5 Å². The lowest BCUT2D eigenvalue weighted by atomic mass is 9.92. The molecule has 2 aromatic carbocycles. The highest BCUT2D eigenvalue weighted by molar-refractivity contribution is 6.21. The van der Waals surface area contributed by atoms with Crippen LogP contribution in [-0.2, 0) is 16.0 Å². The van der Waals surface area contributed by atoms with Crippen molar-refractivity contribution in [3.05, 3.63) is 65.2 Å². The minimum Gasteiger partial charge on any atom is -0.443 e. The van der Waals surface area contributed by atoms with Gasteiger partial charge in [0.25, 0.3) is 17.7 Å². The van der Waals surface area contributed by atoms with Gasteiger partial charge in [-0.3, -0.25) is 19.3 Å². The monoisotopic (exact) mass is 421 g/mol. The number of hydrazine groups is 1. The van der Waals surface area contributed by atoms with E-state index in [1.807, 2.05) is 12.1 Å². The minimum absolute atomic E-state index is 0.0774. The van der Waals surface area contributed by atoms with Gasteiger partial charge < -0.3 is 4.74 Å². The molecule has 0 aromatic heterocycles. The molecule has 1 atom stereocenters. The molecule has 0 spiro atoms. The van der Waals surface area contributed by atoms with Gasteiger partial charge in [-0.25, -0.2) is 15.2 Å². The third-order valence-corrected chi connectivity index (χ3v) is 5.15. The Balaban J connectivity index is 1.59. The predicted octanol–water partition coefficient (Wildman–Crippen LogP) is 2.93. The summed E-state index contributed by atoms with van der Waals surface area (Å²) in [6, 6.07) is 13.8. The van der Waals surface area contributed by atoms with Crippen molar-refractivity contribution in [1.29, 1.82) is 0 Å². The number of para-hydroxylation sites is 1. The molecule has 0 saturated heterocycles. The number of rotatable bonds is 3. The molecule has 4 amide bonds. The fourth-order valence-corrected chi connectivity index (χ4v) is 3.83. The van der Waals surface area contributed by atoms with Crippen molar-refractivity contribution in [2.24, 2.45) is 5.92 Å². The van der Waals surface area contributed by atoms with E-state index in [9.17, 15) is 19.2 Å². The molecule has 160 valence electrons. The van der Waals surface area contributed by atoms with Gasteiger partial charge in [0.05, 0.1) is 22.7 Å². The summed E-state index contributed by atoms with van der Waals surface area (Å²) in [4.78, 5) is 52.2. The number of ether oxygens (including phenoxy) is 1. The first-order valence-corrected chi connectivity index (χ1v) is 10.0. The van der Waals surface area contributed by atoms with E-state index in [0.29, 0.717) is 23.2 Å². The summed E-state index contributed by atoms with van der Waals surface area (Å²) in [5, 5.41) is 1.15. The van der Waals surface area contributed by atoms with Gasteiger partial charge in [0.15, 0.2) is 0 Å². The molecule has 0 aliphatic carbocycles. The topological polar surface area (TPSA) is 96.0 Å². The summed E-state index contributed by atoms with van der Waals surface area (Å²) in [5.41, 5.74) is 3.80. The number of anilines is 1. The number of amides is 4. The van der Waals surface area contributed by atoms with Crippen LogP contribution in [0.1, 0.15) is 47.1 Å². The van der Waals surface area contributed by atoms with Gasteiger partial charge in [0, 0.05) is 6.54 Å². The first-order chi connectivity index (χ1) is 14.7. The smallest absolute Gasteiger partial charge is 0.427 e. The van der Waals surface area contributed by atoms with E-state index in [4.69, 9.17) is 4.74 Å². The molecule has 2 heterocycles. The molecule has 1 N–H and O–H groups in total. The lowest BCUT2D eigenvalue weighted by molar-refractivity contribution is -0.123. The van der Waals surface area contributed by atoms with Crippen molar-refractivity contribution in [2.45, 2.75) is 32.8 Å². The number of carbonyl (C=O) groups is 4. The van der Waals surface area contributed by atoms with E-state index in [1.54, 1.807) is 57.2 Å². The van der Waals surface area contributed by atoms with Crippen molar-refractivity contribution < 1.29 is 23.9 Å². The van der Waals surface area contributed by atoms with Gasteiger partial charge >= 0.3 is 6.09 Å². The zero-order chi connectivity index (χ0) is 22.3. The molecule has 2 aliphatic rings. The average Bonchev–Trinajstić information content (AvgIpc) is 2.95. The van der Waals surface area contributed by atoms with Gasteiger partial charge in [0.1, 0.15) is 5.60 Å². The van der Waals surface area contributed by atoms with Crippen LogP contribution in [0.25, 0.3) is 0 Å².